The zero-order chi connectivity index (χ0) is 11.4. The summed E-state index contributed by atoms with van der Waals surface area (Å²) in [4.78, 5) is 0. The lowest BCUT2D eigenvalue weighted by molar-refractivity contribution is 0.479. The molecule has 0 saturated carbocycles. The van der Waals surface area contributed by atoms with Crippen molar-refractivity contribution < 1.29 is 4.39 Å². The van der Waals surface area contributed by atoms with Crippen LogP contribution in [0.15, 0.2) is 18.2 Å². The molecule has 0 spiro atoms. The summed E-state index contributed by atoms with van der Waals surface area (Å²) in [5.41, 5.74) is 1.06. The zero-order valence-corrected chi connectivity index (χ0v) is 8.96. The minimum atomic E-state index is -0.365. The van der Waals surface area contributed by atoms with E-state index in [1.54, 1.807) is 6.07 Å². The van der Waals surface area contributed by atoms with Gasteiger partial charge in [-0.05, 0) is 44.1 Å². The maximum Gasteiger partial charge on any atom is 0.126 e. The van der Waals surface area contributed by atoms with Gasteiger partial charge in [0.15, 0.2) is 0 Å². The number of hydrogen-bond acceptors (Lipinski definition) is 3. The molecule has 1 fully saturated rings. The lowest BCUT2D eigenvalue weighted by Crippen LogP contribution is -2.35. The van der Waals surface area contributed by atoms with Gasteiger partial charge in [0.25, 0.3) is 0 Å². The first kappa shape index (κ1) is 10.9. The Hall–Kier alpha value is -1.60. The highest BCUT2D eigenvalue weighted by molar-refractivity contribution is 5.50. The van der Waals surface area contributed by atoms with Crippen molar-refractivity contribution in [1.82, 2.24) is 5.32 Å². The summed E-state index contributed by atoms with van der Waals surface area (Å²) in [6, 6.07) is 6.69. The SMILES string of the molecule is N#Cc1cc(F)cc(NC2CCNCC2)c1. The number of nitrogens with one attached hydrogen (secondary N) is 2. The molecule has 0 bridgehead atoms. The van der Waals surface area contributed by atoms with Gasteiger partial charge in [0.1, 0.15) is 5.82 Å². The van der Waals surface area contributed by atoms with E-state index in [0.29, 0.717) is 17.3 Å². The lowest BCUT2D eigenvalue weighted by Gasteiger charge is -2.24. The van der Waals surface area contributed by atoms with Gasteiger partial charge in [-0.25, -0.2) is 4.39 Å². The number of piperidine rings is 1. The van der Waals surface area contributed by atoms with E-state index in [4.69, 9.17) is 5.26 Å². The molecule has 1 aliphatic rings. The molecule has 0 amide bonds. The number of benzene rings is 1. The number of hydrogen-bond donors (Lipinski definition) is 2. The van der Waals surface area contributed by atoms with Gasteiger partial charge in [0, 0.05) is 11.7 Å². The Bertz CT molecular complexity index is 405. The van der Waals surface area contributed by atoms with Crippen molar-refractivity contribution in [2.45, 2.75) is 18.9 Å². The number of rotatable bonds is 2. The second kappa shape index (κ2) is 4.95. The van der Waals surface area contributed by atoms with E-state index < -0.39 is 0 Å². The Morgan fingerprint density at radius 2 is 2.06 bits per heavy atom. The molecule has 16 heavy (non-hydrogen) atoms. The molecule has 1 aromatic rings. The predicted octanol–water partition coefficient (Wildman–Crippen LogP) is 1.86. The van der Waals surface area contributed by atoms with Crippen molar-refractivity contribution in [3.05, 3.63) is 29.6 Å². The standard InChI is InChI=1S/C12H14FN3/c13-10-5-9(8-14)6-12(7-10)16-11-1-3-15-4-2-11/h5-7,11,15-16H,1-4H2. The van der Waals surface area contributed by atoms with Crippen LogP contribution >= 0.6 is 0 Å². The minimum Gasteiger partial charge on any atom is -0.382 e. The van der Waals surface area contributed by atoms with E-state index in [2.05, 4.69) is 10.6 Å². The van der Waals surface area contributed by atoms with Gasteiger partial charge in [-0.1, -0.05) is 0 Å². The van der Waals surface area contributed by atoms with Gasteiger partial charge >= 0.3 is 0 Å². The molecular formula is C12H14FN3. The Labute approximate surface area is 94.3 Å². The highest BCUT2D eigenvalue weighted by Crippen LogP contribution is 2.17. The molecule has 0 aliphatic carbocycles. The van der Waals surface area contributed by atoms with Gasteiger partial charge in [-0.3, -0.25) is 0 Å². The summed E-state index contributed by atoms with van der Waals surface area (Å²) in [5.74, 6) is -0.365. The van der Waals surface area contributed by atoms with Gasteiger partial charge < -0.3 is 10.6 Å². The fourth-order valence-corrected chi connectivity index (χ4v) is 1.94. The lowest BCUT2D eigenvalue weighted by atomic mass is 10.1. The Morgan fingerprint density at radius 3 is 2.75 bits per heavy atom. The van der Waals surface area contributed by atoms with Crippen LogP contribution in [-0.4, -0.2) is 19.1 Å². The van der Waals surface area contributed by atoms with E-state index in [1.807, 2.05) is 6.07 Å². The van der Waals surface area contributed by atoms with Gasteiger partial charge in [0.2, 0.25) is 0 Å². The second-order valence-corrected chi connectivity index (χ2v) is 4.01. The van der Waals surface area contributed by atoms with E-state index in [9.17, 15) is 4.39 Å². The van der Waals surface area contributed by atoms with E-state index in [-0.39, 0.29) is 5.82 Å². The van der Waals surface area contributed by atoms with Crippen molar-refractivity contribution in [2.24, 2.45) is 0 Å². The van der Waals surface area contributed by atoms with Crippen molar-refractivity contribution >= 4 is 5.69 Å². The molecule has 2 rings (SSSR count). The van der Waals surface area contributed by atoms with Gasteiger partial charge in [-0.2, -0.15) is 5.26 Å². The summed E-state index contributed by atoms with van der Waals surface area (Å²) in [5, 5.41) is 15.3. The Morgan fingerprint density at radius 1 is 1.31 bits per heavy atom. The van der Waals surface area contributed by atoms with Crippen molar-refractivity contribution in [1.29, 1.82) is 5.26 Å². The van der Waals surface area contributed by atoms with Crippen LogP contribution in [0.5, 0.6) is 0 Å². The quantitative estimate of drug-likeness (QED) is 0.798. The first-order valence-corrected chi connectivity index (χ1v) is 5.46. The number of nitrogens with zero attached hydrogens (tertiary/aromatic N) is 1. The van der Waals surface area contributed by atoms with Crippen molar-refractivity contribution in [3.8, 4) is 6.07 Å². The fraction of sp³-hybridized carbons (Fsp3) is 0.417. The zero-order valence-electron chi connectivity index (χ0n) is 8.96. The third kappa shape index (κ3) is 2.71. The van der Waals surface area contributed by atoms with Crippen LogP contribution in [0.1, 0.15) is 18.4 Å². The molecule has 2 N–H and O–H groups in total. The van der Waals surface area contributed by atoms with Crippen LogP contribution in [-0.2, 0) is 0 Å². The monoisotopic (exact) mass is 219 g/mol. The van der Waals surface area contributed by atoms with E-state index in [0.717, 1.165) is 25.9 Å². The summed E-state index contributed by atoms with van der Waals surface area (Å²) in [7, 11) is 0. The average molecular weight is 219 g/mol. The van der Waals surface area contributed by atoms with Crippen LogP contribution in [0.25, 0.3) is 0 Å². The molecule has 0 atom stereocenters. The number of nitriles is 1. The maximum absolute atomic E-state index is 13.2. The Kier molecular flexibility index (Phi) is 3.37. The summed E-state index contributed by atoms with van der Waals surface area (Å²) >= 11 is 0. The van der Waals surface area contributed by atoms with Crippen molar-refractivity contribution in [2.75, 3.05) is 18.4 Å². The van der Waals surface area contributed by atoms with Crippen LogP contribution in [0, 0.1) is 17.1 Å². The molecule has 1 saturated heterocycles. The molecule has 84 valence electrons. The first-order valence-electron chi connectivity index (χ1n) is 5.46. The molecule has 0 aromatic heterocycles. The maximum atomic E-state index is 13.2. The largest absolute Gasteiger partial charge is 0.382 e. The summed E-state index contributed by atoms with van der Waals surface area (Å²) in [6.07, 6.45) is 2.05. The molecule has 4 heteroatoms. The highest BCUT2D eigenvalue weighted by Gasteiger charge is 2.12. The molecule has 1 aliphatic heterocycles. The van der Waals surface area contributed by atoms with Crippen LogP contribution < -0.4 is 10.6 Å². The van der Waals surface area contributed by atoms with Gasteiger partial charge in [0.05, 0.1) is 11.6 Å². The molecule has 1 heterocycles. The van der Waals surface area contributed by atoms with E-state index in [1.165, 1.54) is 12.1 Å². The summed E-state index contributed by atoms with van der Waals surface area (Å²) in [6.45, 7) is 1.97. The van der Waals surface area contributed by atoms with Gasteiger partial charge in [-0.15, -0.1) is 0 Å². The smallest absolute Gasteiger partial charge is 0.126 e. The summed E-state index contributed by atoms with van der Waals surface area (Å²) < 4.78 is 13.2. The Balaban J connectivity index is 2.08. The predicted molar refractivity (Wildman–Crippen MR) is 60.6 cm³/mol. The van der Waals surface area contributed by atoms with Crippen LogP contribution in [0.4, 0.5) is 10.1 Å². The first-order chi connectivity index (χ1) is 7.78. The number of anilines is 1. The van der Waals surface area contributed by atoms with Crippen molar-refractivity contribution in [3.63, 3.8) is 0 Å². The molecule has 1 aromatic carbocycles. The molecule has 3 nitrogen and oxygen atoms in total. The minimum absolute atomic E-state index is 0.358. The highest BCUT2D eigenvalue weighted by atomic mass is 19.1. The molecule has 0 unspecified atom stereocenters. The second-order valence-electron chi connectivity index (χ2n) is 4.01. The molecule has 0 radical (unpaired) electrons. The number of halogens is 1. The average Bonchev–Trinajstić information content (AvgIpc) is 2.29. The molecular weight excluding hydrogens is 205 g/mol. The third-order valence-electron chi connectivity index (χ3n) is 2.74. The fourth-order valence-electron chi connectivity index (χ4n) is 1.94. The third-order valence-corrected chi connectivity index (χ3v) is 2.74. The van der Waals surface area contributed by atoms with Crippen LogP contribution in [0.2, 0.25) is 0 Å². The normalized spacial score (nSPS) is 16.8. The topological polar surface area (TPSA) is 47.9 Å². The van der Waals surface area contributed by atoms with E-state index >= 15 is 0 Å². The van der Waals surface area contributed by atoms with Crippen LogP contribution in [0.3, 0.4) is 0 Å².